The van der Waals surface area contributed by atoms with Gasteiger partial charge in [0.05, 0.1) is 5.41 Å². The van der Waals surface area contributed by atoms with Crippen LogP contribution in [-0.2, 0) is 14.8 Å². The number of nitrogens with zero attached hydrogens (tertiary/aromatic N) is 1. The first-order chi connectivity index (χ1) is 9.70. The van der Waals surface area contributed by atoms with Gasteiger partial charge < -0.3 is 15.4 Å². The second-order valence-corrected chi connectivity index (χ2v) is 7.22. The molecule has 116 valence electrons. The number of sulfonamides is 1. The lowest BCUT2D eigenvalue weighted by molar-refractivity contribution is -0.128. The Balaban J connectivity index is 2.25. The van der Waals surface area contributed by atoms with Crippen molar-refractivity contribution >= 4 is 21.9 Å². The predicted octanol–water partition coefficient (Wildman–Crippen LogP) is -0.140. The van der Waals surface area contributed by atoms with Crippen molar-refractivity contribution in [2.75, 3.05) is 20.1 Å². The van der Waals surface area contributed by atoms with E-state index >= 15 is 0 Å². The highest BCUT2D eigenvalue weighted by molar-refractivity contribution is 7.89. The van der Waals surface area contributed by atoms with Crippen LogP contribution >= 0.6 is 0 Å². The molecule has 2 rings (SSSR count). The van der Waals surface area contributed by atoms with Gasteiger partial charge in [-0.3, -0.25) is 4.79 Å². The van der Waals surface area contributed by atoms with E-state index < -0.39 is 21.4 Å². The lowest BCUT2D eigenvalue weighted by Crippen LogP contribution is -2.40. The Labute approximate surface area is 122 Å². The summed E-state index contributed by atoms with van der Waals surface area (Å²) in [5, 5.41) is 11.4. The number of hydrogen-bond acceptors (Lipinski definition) is 4. The van der Waals surface area contributed by atoms with Gasteiger partial charge in [-0.2, -0.15) is 4.31 Å². The van der Waals surface area contributed by atoms with E-state index in [2.05, 4.69) is 10.3 Å². The highest BCUT2D eigenvalue weighted by Crippen LogP contribution is 2.33. The highest BCUT2D eigenvalue weighted by atomic mass is 32.2. The molecule has 2 heterocycles. The molecule has 3 N–H and O–H groups in total. The molecule has 1 saturated heterocycles. The molecule has 0 radical (unpaired) electrons. The summed E-state index contributed by atoms with van der Waals surface area (Å²) in [6.45, 7) is 2.00. The molecule has 1 amide bonds. The van der Waals surface area contributed by atoms with Crippen LogP contribution in [0, 0.1) is 5.41 Å². The smallest absolute Gasteiger partial charge is 0.352 e. The lowest BCUT2D eigenvalue weighted by atomic mass is 9.89. The average Bonchev–Trinajstić information content (AvgIpc) is 3.05. The number of carbonyl (C=O) groups is 2. The fourth-order valence-electron chi connectivity index (χ4n) is 2.41. The zero-order valence-electron chi connectivity index (χ0n) is 11.7. The minimum absolute atomic E-state index is 0.0720. The summed E-state index contributed by atoms with van der Waals surface area (Å²) in [5.74, 6) is -1.44. The van der Waals surface area contributed by atoms with Gasteiger partial charge in [0.15, 0.2) is 0 Å². The number of aromatic carboxylic acids is 1. The van der Waals surface area contributed by atoms with Gasteiger partial charge in [0, 0.05) is 26.3 Å². The molecule has 1 aliphatic heterocycles. The number of rotatable bonds is 4. The summed E-state index contributed by atoms with van der Waals surface area (Å²) in [4.78, 5) is 24.9. The Morgan fingerprint density at radius 2 is 2.14 bits per heavy atom. The van der Waals surface area contributed by atoms with Crippen molar-refractivity contribution in [3.05, 3.63) is 18.0 Å². The first-order valence-electron chi connectivity index (χ1n) is 6.35. The van der Waals surface area contributed by atoms with Gasteiger partial charge in [-0.25, -0.2) is 13.2 Å². The largest absolute Gasteiger partial charge is 0.477 e. The topological polar surface area (TPSA) is 120 Å². The minimum Gasteiger partial charge on any atom is -0.477 e. The van der Waals surface area contributed by atoms with Crippen LogP contribution in [0.4, 0.5) is 0 Å². The number of aromatic amines is 1. The number of carboxylic acids is 1. The third-order valence-electron chi connectivity index (χ3n) is 3.74. The molecule has 9 heteroatoms. The summed E-state index contributed by atoms with van der Waals surface area (Å²) >= 11 is 0. The van der Waals surface area contributed by atoms with Gasteiger partial charge in [0.25, 0.3) is 0 Å². The zero-order chi connectivity index (χ0) is 15.8. The third kappa shape index (κ3) is 2.66. The number of carboxylic acid groups (broad SMARTS) is 1. The quantitative estimate of drug-likeness (QED) is 0.714. The van der Waals surface area contributed by atoms with Crippen LogP contribution in [0.1, 0.15) is 23.8 Å². The Kier molecular flexibility index (Phi) is 3.81. The standard InChI is InChI=1S/C12H17N3O5S/c1-12(11(18)13-2)3-4-15(7-12)21(19,20)8-5-9(10(16)17)14-6-8/h5-6,14H,3-4,7H2,1-2H3,(H,13,18)(H,16,17). The van der Waals surface area contributed by atoms with E-state index in [9.17, 15) is 18.0 Å². The summed E-state index contributed by atoms with van der Waals surface area (Å²) in [6, 6.07) is 1.08. The number of carbonyl (C=O) groups excluding carboxylic acids is 1. The van der Waals surface area contributed by atoms with Gasteiger partial charge in [0.2, 0.25) is 15.9 Å². The molecule has 1 unspecified atom stereocenters. The van der Waals surface area contributed by atoms with Crippen molar-refractivity contribution < 1.29 is 23.1 Å². The van der Waals surface area contributed by atoms with Crippen LogP contribution in [0.25, 0.3) is 0 Å². The second kappa shape index (κ2) is 5.15. The molecule has 1 aromatic rings. The number of H-pyrrole nitrogens is 1. The molecule has 0 spiro atoms. The molecule has 1 aromatic heterocycles. The van der Waals surface area contributed by atoms with E-state index in [0.717, 1.165) is 12.3 Å². The second-order valence-electron chi connectivity index (χ2n) is 5.28. The average molecular weight is 315 g/mol. The maximum Gasteiger partial charge on any atom is 0.352 e. The summed E-state index contributed by atoms with van der Waals surface area (Å²) in [5.41, 5.74) is -0.963. The minimum atomic E-state index is -3.81. The van der Waals surface area contributed by atoms with Crippen LogP contribution in [0.5, 0.6) is 0 Å². The molecule has 0 bridgehead atoms. The molecule has 1 aliphatic rings. The van der Waals surface area contributed by atoms with Crippen molar-refractivity contribution in [2.24, 2.45) is 5.41 Å². The third-order valence-corrected chi connectivity index (χ3v) is 5.56. The first-order valence-corrected chi connectivity index (χ1v) is 7.79. The van der Waals surface area contributed by atoms with E-state index in [1.54, 1.807) is 6.92 Å². The molecule has 0 saturated carbocycles. The predicted molar refractivity (Wildman–Crippen MR) is 73.3 cm³/mol. The van der Waals surface area contributed by atoms with Crippen molar-refractivity contribution in [1.82, 2.24) is 14.6 Å². The molecule has 8 nitrogen and oxygen atoms in total. The molecule has 0 aromatic carbocycles. The Hall–Kier alpha value is -1.87. The van der Waals surface area contributed by atoms with Gasteiger partial charge >= 0.3 is 5.97 Å². The van der Waals surface area contributed by atoms with Crippen molar-refractivity contribution in [3.63, 3.8) is 0 Å². The van der Waals surface area contributed by atoms with Crippen LogP contribution in [0.2, 0.25) is 0 Å². The van der Waals surface area contributed by atoms with E-state index in [-0.39, 0.29) is 29.6 Å². The molecular weight excluding hydrogens is 298 g/mol. The normalized spacial score (nSPS) is 23.1. The van der Waals surface area contributed by atoms with Gasteiger partial charge in [0.1, 0.15) is 10.6 Å². The van der Waals surface area contributed by atoms with Crippen LogP contribution in [-0.4, -0.2) is 54.8 Å². The first kappa shape index (κ1) is 15.5. The zero-order valence-corrected chi connectivity index (χ0v) is 12.5. The van der Waals surface area contributed by atoms with Crippen LogP contribution in [0.3, 0.4) is 0 Å². The lowest BCUT2D eigenvalue weighted by Gasteiger charge is -2.22. The molecule has 21 heavy (non-hydrogen) atoms. The molecule has 1 atom stereocenters. The van der Waals surface area contributed by atoms with E-state index in [1.807, 2.05) is 0 Å². The summed E-state index contributed by atoms with van der Waals surface area (Å²) in [7, 11) is -2.30. The monoisotopic (exact) mass is 315 g/mol. The number of nitrogens with one attached hydrogen (secondary N) is 2. The van der Waals surface area contributed by atoms with Gasteiger partial charge in [-0.05, 0) is 19.4 Å². The SMILES string of the molecule is CNC(=O)C1(C)CCN(S(=O)(=O)c2c[nH]c(C(=O)O)c2)C1. The Morgan fingerprint density at radius 1 is 1.48 bits per heavy atom. The summed E-state index contributed by atoms with van der Waals surface area (Å²) < 4.78 is 26.1. The van der Waals surface area contributed by atoms with Crippen molar-refractivity contribution in [3.8, 4) is 0 Å². The molecule has 1 fully saturated rings. The Morgan fingerprint density at radius 3 is 2.67 bits per heavy atom. The van der Waals surface area contributed by atoms with E-state index in [0.29, 0.717) is 6.42 Å². The number of hydrogen-bond donors (Lipinski definition) is 3. The highest BCUT2D eigenvalue weighted by Gasteiger charge is 2.44. The maximum atomic E-state index is 12.5. The van der Waals surface area contributed by atoms with E-state index in [4.69, 9.17) is 5.11 Å². The van der Waals surface area contributed by atoms with Crippen LogP contribution in [0.15, 0.2) is 17.2 Å². The van der Waals surface area contributed by atoms with Crippen molar-refractivity contribution in [1.29, 1.82) is 0 Å². The maximum absolute atomic E-state index is 12.5. The van der Waals surface area contributed by atoms with Crippen LogP contribution < -0.4 is 5.32 Å². The molecular formula is C12H17N3O5S. The van der Waals surface area contributed by atoms with E-state index in [1.165, 1.54) is 11.4 Å². The fourth-order valence-corrected chi connectivity index (χ4v) is 3.97. The number of amides is 1. The van der Waals surface area contributed by atoms with Gasteiger partial charge in [-0.15, -0.1) is 0 Å². The fraction of sp³-hybridized carbons (Fsp3) is 0.500. The van der Waals surface area contributed by atoms with Crippen molar-refractivity contribution in [2.45, 2.75) is 18.2 Å². The molecule has 0 aliphatic carbocycles. The Bertz CT molecular complexity index is 681. The summed E-state index contributed by atoms with van der Waals surface area (Å²) in [6.07, 6.45) is 1.57. The van der Waals surface area contributed by atoms with Gasteiger partial charge in [-0.1, -0.05) is 0 Å². The number of aromatic nitrogens is 1.